The van der Waals surface area contributed by atoms with E-state index in [9.17, 15) is 22.4 Å². The van der Waals surface area contributed by atoms with Crippen LogP contribution in [-0.4, -0.2) is 43.8 Å². The van der Waals surface area contributed by atoms with E-state index in [0.717, 1.165) is 21.5 Å². The van der Waals surface area contributed by atoms with Gasteiger partial charge in [0.15, 0.2) is 0 Å². The molecule has 2 atom stereocenters. The Morgan fingerprint density at radius 3 is 2.13 bits per heavy atom. The fourth-order valence-corrected chi connectivity index (χ4v) is 5.27. The molecule has 3 rings (SSSR count). The van der Waals surface area contributed by atoms with E-state index < -0.39 is 34.3 Å². The Kier molecular flexibility index (Phi) is 9.63. The first-order valence-electron chi connectivity index (χ1n) is 12.5. The summed E-state index contributed by atoms with van der Waals surface area (Å²) in [6, 6.07) is 19.4. The van der Waals surface area contributed by atoms with Gasteiger partial charge in [-0.2, -0.15) is 0 Å². The van der Waals surface area contributed by atoms with Gasteiger partial charge in [0, 0.05) is 12.6 Å². The molecule has 0 saturated heterocycles. The minimum atomic E-state index is -4.31. The second-order valence-corrected chi connectivity index (χ2v) is 11.1. The number of nitrogens with one attached hydrogen (secondary N) is 1. The average molecular weight is 540 g/mol. The molecule has 3 aromatic carbocycles. The smallest absolute Gasteiger partial charge is 0.264 e. The van der Waals surface area contributed by atoms with E-state index in [0.29, 0.717) is 6.42 Å². The molecule has 0 unspecified atom stereocenters. The molecular weight excluding hydrogens is 505 g/mol. The predicted octanol–water partition coefficient (Wildman–Crippen LogP) is 4.66. The van der Waals surface area contributed by atoms with Crippen molar-refractivity contribution < 1.29 is 22.4 Å². The molecule has 0 aliphatic heterocycles. The summed E-state index contributed by atoms with van der Waals surface area (Å²) >= 11 is 0. The van der Waals surface area contributed by atoms with Crippen LogP contribution < -0.4 is 9.62 Å². The molecule has 9 heteroatoms. The molecule has 0 radical (unpaired) electrons. The lowest BCUT2D eigenvalue weighted by molar-refractivity contribution is -0.139. The van der Waals surface area contributed by atoms with Crippen LogP contribution >= 0.6 is 0 Å². The van der Waals surface area contributed by atoms with Crippen LogP contribution in [0.3, 0.4) is 0 Å². The van der Waals surface area contributed by atoms with E-state index in [2.05, 4.69) is 5.32 Å². The summed E-state index contributed by atoms with van der Waals surface area (Å²) in [7, 11) is -4.31. The zero-order chi connectivity index (χ0) is 27.9. The largest absolute Gasteiger partial charge is 0.352 e. The Balaban J connectivity index is 2.02. The van der Waals surface area contributed by atoms with Crippen LogP contribution in [0.4, 0.5) is 10.1 Å². The van der Waals surface area contributed by atoms with E-state index in [1.807, 2.05) is 45.0 Å². The second-order valence-electron chi connectivity index (χ2n) is 9.28. The molecule has 3 aromatic rings. The van der Waals surface area contributed by atoms with Gasteiger partial charge >= 0.3 is 0 Å². The Morgan fingerprint density at radius 1 is 0.921 bits per heavy atom. The first kappa shape index (κ1) is 28.8. The lowest BCUT2D eigenvalue weighted by atomic mass is 10.1. The van der Waals surface area contributed by atoms with E-state index in [1.54, 1.807) is 25.1 Å². The number of benzene rings is 3. The number of carbonyl (C=O) groups is 2. The summed E-state index contributed by atoms with van der Waals surface area (Å²) in [5.74, 6) is -1.78. The lowest BCUT2D eigenvalue weighted by Crippen LogP contribution is -2.52. The number of sulfonamides is 1. The highest BCUT2D eigenvalue weighted by Crippen LogP contribution is 2.27. The van der Waals surface area contributed by atoms with Crippen molar-refractivity contribution in [2.75, 3.05) is 10.8 Å². The van der Waals surface area contributed by atoms with Crippen molar-refractivity contribution >= 4 is 27.5 Å². The molecule has 0 aliphatic rings. The fourth-order valence-electron chi connectivity index (χ4n) is 3.83. The third kappa shape index (κ3) is 6.98. The van der Waals surface area contributed by atoms with Gasteiger partial charge in [0.25, 0.3) is 10.0 Å². The number of rotatable bonds is 11. The van der Waals surface area contributed by atoms with Gasteiger partial charge in [-0.15, -0.1) is 0 Å². The minimum Gasteiger partial charge on any atom is -0.352 e. The van der Waals surface area contributed by atoms with Crippen LogP contribution in [0.1, 0.15) is 38.3 Å². The number of carbonyl (C=O) groups excluding carboxylic acids is 2. The Bertz CT molecular complexity index is 1350. The summed E-state index contributed by atoms with van der Waals surface area (Å²) < 4.78 is 42.9. The second kappa shape index (κ2) is 12.7. The summed E-state index contributed by atoms with van der Waals surface area (Å²) in [6.45, 7) is 6.73. The zero-order valence-corrected chi connectivity index (χ0v) is 22.9. The maximum absolute atomic E-state index is 14.9. The maximum atomic E-state index is 14.9. The van der Waals surface area contributed by atoms with Gasteiger partial charge in [-0.3, -0.25) is 13.9 Å². The number of nitrogens with zero attached hydrogens (tertiary/aromatic N) is 2. The van der Waals surface area contributed by atoms with Crippen molar-refractivity contribution in [3.8, 4) is 0 Å². The molecule has 0 fully saturated rings. The number of anilines is 1. The van der Waals surface area contributed by atoms with Gasteiger partial charge < -0.3 is 10.2 Å². The fraction of sp³-hybridized carbons (Fsp3) is 0.310. The maximum Gasteiger partial charge on any atom is 0.264 e. The molecule has 0 bridgehead atoms. The summed E-state index contributed by atoms with van der Waals surface area (Å²) in [6.07, 6.45) is 0.709. The molecular formula is C29H34FN3O4S. The van der Waals surface area contributed by atoms with Crippen molar-refractivity contribution in [1.29, 1.82) is 0 Å². The number of hydrogen-bond acceptors (Lipinski definition) is 4. The van der Waals surface area contributed by atoms with Crippen LogP contribution in [0.15, 0.2) is 83.8 Å². The molecule has 2 amide bonds. The summed E-state index contributed by atoms with van der Waals surface area (Å²) in [5.41, 5.74) is 1.56. The monoisotopic (exact) mass is 539 g/mol. The Morgan fingerprint density at radius 2 is 1.53 bits per heavy atom. The SMILES string of the molecule is CC[C@@H](C)NC(=O)[C@@H](C)N(Cc1ccc(C)cc1)C(=O)CN(c1ccccc1F)S(=O)(=O)c1ccccc1. The van der Waals surface area contributed by atoms with Crippen molar-refractivity contribution in [1.82, 2.24) is 10.2 Å². The molecule has 0 spiro atoms. The van der Waals surface area contributed by atoms with Gasteiger partial charge in [-0.1, -0.05) is 67.1 Å². The normalized spacial score (nSPS) is 12.9. The summed E-state index contributed by atoms with van der Waals surface area (Å²) in [5, 5.41) is 2.89. The number of hydrogen-bond donors (Lipinski definition) is 1. The van der Waals surface area contributed by atoms with Gasteiger partial charge in [0.05, 0.1) is 10.6 Å². The van der Waals surface area contributed by atoms with Crippen molar-refractivity contribution in [2.24, 2.45) is 0 Å². The van der Waals surface area contributed by atoms with Crippen LogP contribution in [0, 0.1) is 12.7 Å². The van der Waals surface area contributed by atoms with E-state index in [-0.39, 0.29) is 29.1 Å². The average Bonchev–Trinajstić information content (AvgIpc) is 2.91. The summed E-state index contributed by atoms with van der Waals surface area (Å²) in [4.78, 5) is 28.1. The van der Waals surface area contributed by atoms with Crippen LogP contribution in [0.5, 0.6) is 0 Å². The standard InChI is InChI=1S/C29H34FN3O4S/c1-5-22(3)31-29(35)23(4)32(19-24-17-15-21(2)16-18-24)28(34)20-33(27-14-10-9-13-26(27)30)38(36,37)25-11-7-6-8-12-25/h6-18,22-23H,5,19-20H2,1-4H3,(H,31,35)/t22-,23-/m1/s1. The van der Waals surface area contributed by atoms with Crippen molar-refractivity contribution in [2.45, 2.75) is 57.6 Å². The van der Waals surface area contributed by atoms with E-state index in [1.165, 1.54) is 35.2 Å². The first-order valence-corrected chi connectivity index (χ1v) is 14.0. The van der Waals surface area contributed by atoms with E-state index >= 15 is 0 Å². The lowest BCUT2D eigenvalue weighted by Gasteiger charge is -2.32. The number of halogens is 1. The number of aryl methyl sites for hydroxylation is 1. The first-order chi connectivity index (χ1) is 18.0. The molecule has 0 heterocycles. The quantitative estimate of drug-likeness (QED) is 0.384. The highest BCUT2D eigenvalue weighted by molar-refractivity contribution is 7.92. The highest BCUT2D eigenvalue weighted by Gasteiger charge is 2.33. The van der Waals surface area contributed by atoms with Gasteiger partial charge in [0.1, 0.15) is 18.4 Å². The van der Waals surface area contributed by atoms with Gasteiger partial charge in [0.2, 0.25) is 11.8 Å². The van der Waals surface area contributed by atoms with Crippen LogP contribution in [0.2, 0.25) is 0 Å². The molecule has 0 aliphatic carbocycles. The molecule has 7 nitrogen and oxygen atoms in total. The zero-order valence-electron chi connectivity index (χ0n) is 22.1. The topological polar surface area (TPSA) is 86.8 Å². The third-order valence-corrected chi connectivity index (χ3v) is 8.15. The highest BCUT2D eigenvalue weighted by atomic mass is 32.2. The number of para-hydroxylation sites is 1. The number of amides is 2. The Hall–Kier alpha value is -3.72. The van der Waals surface area contributed by atoms with Crippen LogP contribution in [0.25, 0.3) is 0 Å². The van der Waals surface area contributed by atoms with Gasteiger partial charge in [-0.25, -0.2) is 12.8 Å². The molecule has 0 saturated carbocycles. The molecule has 0 aromatic heterocycles. The van der Waals surface area contributed by atoms with Crippen molar-refractivity contribution in [3.63, 3.8) is 0 Å². The predicted molar refractivity (Wildman–Crippen MR) is 146 cm³/mol. The minimum absolute atomic E-state index is 0.0741. The van der Waals surface area contributed by atoms with Gasteiger partial charge in [-0.05, 0) is 57.0 Å². The molecule has 202 valence electrons. The van der Waals surface area contributed by atoms with Crippen molar-refractivity contribution in [3.05, 3.63) is 95.8 Å². The molecule has 38 heavy (non-hydrogen) atoms. The molecule has 1 N–H and O–H groups in total. The Labute approximate surface area is 224 Å². The third-order valence-electron chi connectivity index (χ3n) is 6.37. The van der Waals surface area contributed by atoms with Crippen LogP contribution in [-0.2, 0) is 26.2 Å². The van der Waals surface area contributed by atoms with E-state index in [4.69, 9.17) is 0 Å².